The summed E-state index contributed by atoms with van der Waals surface area (Å²) in [4.78, 5) is 0. The average Bonchev–Trinajstić information content (AvgIpc) is 3.09. The lowest BCUT2D eigenvalue weighted by Crippen LogP contribution is -1.97. The Labute approximate surface area is 135 Å². The molecule has 0 saturated heterocycles. The van der Waals surface area contributed by atoms with Gasteiger partial charge in [0.05, 0.1) is 0 Å². The number of benzene rings is 3. The monoisotopic (exact) mass is 304 g/mol. The van der Waals surface area contributed by atoms with Gasteiger partial charge in [0.1, 0.15) is 12.4 Å². The second-order valence-electron chi connectivity index (χ2n) is 5.34. The largest absolute Gasteiger partial charge is 0.488 e. The first-order chi connectivity index (χ1) is 11.4. The number of rotatable bonds is 4. The summed E-state index contributed by atoms with van der Waals surface area (Å²) >= 11 is 0. The lowest BCUT2D eigenvalue weighted by Gasteiger charge is -2.12. The molecule has 1 aliphatic rings. The van der Waals surface area contributed by atoms with Crippen molar-refractivity contribution < 1.29 is 14.2 Å². The number of ether oxygens (including phenoxy) is 3. The van der Waals surface area contributed by atoms with Crippen molar-refractivity contribution in [1.29, 1.82) is 0 Å². The van der Waals surface area contributed by atoms with Crippen molar-refractivity contribution in [2.75, 3.05) is 6.79 Å². The molecule has 114 valence electrons. The zero-order valence-corrected chi connectivity index (χ0v) is 12.6. The van der Waals surface area contributed by atoms with Crippen LogP contribution in [0.3, 0.4) is 0 Å². The van der Waals surface area contributed by atoms with Crippen molar-refractivity contribution in [3.63, 3.8) is 0 Å². The Balaban J connectivity index is 1.56. The van der Waals surface area contributed by atoms with Crippen molar-refractivity contribution in [3.8, 4) is 28.4 Å². The maximum Gasteiger partial charge on any atom is 0.231 e. The van der Waals surface area contributed by atoms with E-state index in [4.69, 9.17) is 14.2 Å². The highest BCUT2D eigenvalue weighted by molar-refractivity contribution is 5.70. The van der Waals surface area contributed by atoms with E-state index in [2.05, 4.69) is 18.2 Å². The van der Waals surface area contributed by atoms with Gasteiger partial charge in [-0.25, -0.2) is 0 Å². The highest BCUT2D eigenvalue weighted by Gasteiger charge is 2.13. The third kappa shape index (κ3) is 2.86. The molecule has 0 aromatic heterocycles. The van der Waals surface area contributed by atoms with E-state index in [1.165, 1.54) is 0 Å². The average molecular weight is 304 g/mol. The Kier molecular flexibility index (Phi) is 3.60. The van der Waals surface area contributed by atoms with Crippen LogP contribution in [0, 0.1) is 0 Å². The standard InChI is InChI=1S/C20H16O3/c1-2-6-16(7-3-1)17-8-4-5-9-18(17)21-13-15-10-11-19-20(12-15)23-14-22-19/h1-12H,13-14H2. The zero-order valence-electron chi connectivity index (χ0n) is 12.6. The SMILES string of the molecule is c1ccc(-c2ccccc2OCc2ccc3c(c2)OCO3)cc1. The molecule has 3 aromatic rings. The van der Waals surface area contributed by atoms with Gasteiger partial charge in [-0.15, -0.1) is 0 Å². The van der Waals surface area contributed by atoms with Crippen molar-refractivity contribution >= 4 is 0 Å². The van der Waals surface area contributed by atoms with Crippen LogP contribution in [0.15, 0.2) is 72.8 Å². The van der Waals surface area contributed by atoms with E-state index in [-0.39, 0.29) is 6.79 Å². The fraction of sp³-hybridized carbons (Fsp3) is 0.100. The molecule has 3 nitrogen and oxygen atoms in total. The van der Waals surface area contributed by atoms with Crippen molar-refractivity contribution in [2.45, 2.75) is 6.61 Å². The summed E-state index contributed by atoms with van der Waals surface area (Å²) < 4.78 is 16.8. The molecule has 0 aliphatic carbocycles. The van der Waals surface area contributed by atoms with E-state index in [0.717, 1.165) is 33.9 Å². The van der Waals surface area contributed by atoms with Crippen LogP contribution in [-0.2, 0) is 6.61 Å². The molecule has 0 radical (unpaired) electrons. The minimum Gasteiger partial charge on any atom is -0.488 e. The molecule has 1 aliphatic heterocycles. The third-order valence-electron chi connectivity index (χ3n) is 3.80. The molecule has 0 amide bonds. The normalized spacial score (nSPS) is 12.2. The summed E-state index contributed by atoms with van der Waals surface area (Å²) in [7, 11) is 0. The van der Waals surface area contributed by atoms with E-state index >= 15 is 0 Å². The van der Waals surface area contributed by atoms with Gasteiger partial charge in [0.15, 0.2) is 11.5 Å². The molecule has 23 heavy (non-hydrogen) atoms. The predicted octanol–water partition coefficient (Wildman–Crippen LogP) is 4.66. The number of para-hydroxylation sites is 1. The van der Waals surface area contributed by atoms with Crippen LogP contribution in [0.4, 0.5) is 0 Å². The van der Waals surface area contributed by atoms with Gasteiger partial charge in [0, 0.05) is 5.56 Å². The van der Waals surface area contributed by atoms with Gasteiger partial charge < -0.3 is 14.2 Å². The summed E-state index contributed by atoms with van der Waals surface area (Å²) in [6, 6.07) is 24.2. The molecule has 1 heterocycles. The quantitative estimate of drug-likeness (QED) is 0.701. The van der Waals surface area contributed by atoms with Crippen LogP contribution in [-0.4, -0.2) is 6.79 Å². The van der Waals surface area contributed by atoms with E-state index in [9.17, 15) is 0 Å². The van der Waals surface area contributed by atoms with Crippen LogP contribution < -0.4 is 14.2 Å². The third-order valence-corrected chi connectivity index (χ3v) is 3.80. The fourth-order valence-corrected chi connectivity index (χ4v) is 2.64. The van der Waals surface area contributed by atoms with Crippen LogP contribution >= 0.6 is 0 Å². The topological polar surface area (TPSA) is 27.7 Å². The van der Waals surface area contributed by atoms with Gasteiger partial charge in [-0.1, -0.05) is 54.6 Å². The smallest absolute Gasteiger partial charge is 0.231 e. The molecule has 0 spiro atoms. The van der Waals surface area contributed by atoms with Crippen LogP contribution in [0.1, 0.15) is 5.56 Å². The van der Waals surface area contributed by atoms with E-state index in [0.29, 0.717) is 6.61 Å². The van der Waals surface area contributed by atoms with Crippen LogP contribution in [0.2, 0.25) is 0 Å². The minimum atomic E-state index is 0.288. The lowest BCUT2D eigenvalue weighted by atomic mass is 10.0. The summed E-state index contributed by atoms with van der Waals surface area (Å²) in [5.74, 6) is 2.44. The van der Waals surface area contributed by atoms with Crippen molar-refractivity contribution in [1.82, 2.24) is 0 Å². The van der Waals surface area contributed by atoms with Crippen molar-refractivity contribution in [2.24, 2.45) is 0 Å². The van der Waals surface area contributed by atoms with E-state index in [1.807, 2.05) is 54.6 Å². The number of fused-ring (bicyclic) bond motifs is 1. The molecule has 0 unspecified atom stereocenters. The Morgan fingerprint density at radius 2 is 1.57 bits per heavy atom. The van der Waals surface area contributed by atoms with Crippen LogP contribution in [0.25, 0.3) is 11.1 Å². The minimum absolute atomic E-state index is 0.288. The predicted molar refractivity (Wildman–Crippen MR) is 88.8 cm³/mol. The first-order valence-electron chi connectivity index (χ1n) is 7.56. The van der Waals surface area contributed by atoms with Gasteiger partial charge >= 0.3 is 0 Å². The van der Waals surface area contributed by atoms with E-state index < -0.39 is 0 Å². The molecular formula is C20H16O3. The summed E-state index contributed by atoms with van der Waals surface area (Å²) in [5, 5.41) is 0. The summed E-state index contributed by atoms with van der Waals surface area (Å²) in [6.45, 7) is 0.775. The maximum absolute atomic E-state index is 6.04. The molecule has 3 heteroatoms. The zero-order chi connectivity index (χ0) is 15.5. The summed E-state index contributed by atoms with van der Waals surface area (Å²) in [6.07, 6.45) is 0. The molecule has 0 atom stereocenters. The Morgan fingerprint density at radius 3 is 2.48 bits per heavy atom. The molecule has 0 saturated carbocycles. The molecular weight excluding hydrogens is 288 g/mol. The molecule has 4 rings (SSSR count). The summed E-state index contributed by atoms with van der Waals surface area (Å²) in [5.41, 5.74) is 3.29. The Hall–Kier alpha value is -2.94. The van der Waals surface area contributed by atoms with Gasteiger partial charge in [0.25, 0.3) is 0 Å². The Morgan fingerprint density at radius 1 is 0.783 bits per heavy atom. The first-order valence-corrected chi connectivity index (χ1v) is 7.56. The van der Waals surface area contributed by atoms with Crippen molar-refractivity contribution in [3.05, 3.63) is 78.4 Å². The Bertz CT molecular complexity index is 812. The fourth-order valence-electron chi connectivity index (χ4n) is 2.64. The number of hydrogen-bond acceptors (Lipinski definition) is 3. The molecule has 0 N–H and O–H groups in total. The first kappa shape index (κ1) is 13.7. The van der Waals surface area contributed by atoms with Crippen LogP contribution in [0.5, 0.6) is 17.2 Å². The van der Waals surface area contributed by atoms with Gasteiger partial charge in [-0.2, -0.15) is 0 Å². The lowest BCUT2D eigenvalue weighted by molar-refractivity contribution is 0.174. The number of hydrogen-bond donors (Lipinski definition) is 0. The van der Waals surface area contributed by atoms with Gasteiger partial charge in [0.2, 0.25) is 6.79 Å². The second kappa shape index (κ2) is 6.05. The highest BCUT2D eigenvalue weighted by atomic mass is 16.7. The molecule has 3 aromatic carbocycles. The second-order valence-corrected chi connectivity index (χ2v) is 5.34. The van der Waals surface area contributed by atoms with Gasteiger partial charge in [-0.3, -0.25) is 0 Å². The van der Waals surface area contributed by atoms with E-state index in [1.54, 1.807) is 0 Å². The maximum atomic E-state index is 6.04. The molecule has 0 fully saturated rings. The highest BCUT2D eigenvalue weighted by Crippen LogP contribution is 2.34. The molecule has 0 bridgehead atoms. The van der Waals surface area contributed by atoms with Gasteiger partial charge in [-0.05, 0) is 29.3 Å².